The molecule has 90 valence electrons. The van der Waals surface area contributed by atoms with Crippen molar-refractivity contribution in [3.63, 3.8) is 0 Å². The van der Waals surface area contributed by atoms with E-state index in [-0.39, 0.29) is 0 Å². The number of hydrogen-bond donors (Lipinski definition) is 0. The van der Waals surface area contributed by atoms with Gasteiger partial charge in [-0.25, -0.2) is 0 Å². The number of nitrogens with zero attached hydrogens (tertiary/aromatic N) is 1. The highest BCUT2D eigenvalue weighted by molar-refractivity contribution is 14.1. The normalized spacial score (nSPS) is 24.1. The van der Waals surface area contributed by atoms with Gasteiger partial charge in [-0.2, -0.15) is 5.26 Å². The lowest BCUT2D eigenvalue weighted by Crippen LogP contribution is -2.24. The van der Waals surface area contributed by atoms with Gasteiger partial charge in [0, 0.05) is 9.99 Å². The van der Waals surface area contributed by atoms with Crippen LogP contribution in [-0.2, 0) is 0 Å². The highest BCUT2D eigenvalue weighted by Crippen LogP contribution is 2.29. The minimum atomic E-state index is 0.296. The molecule has 0 aromatic heterocycles. The zero-order valence-electron chi connectivity index (χ0n) is 9.33. The van der Waals surface area contributed by atoms with Gasteiger partial charge >= 0.3 is 0 Å². The first-order valence-corrected chi connectivity index (χ1v) is 7.32. The molecule has 1 aromatic carbocycles. The van der Waals surface area contributed by atoms with Crippen molar-refractivity contribution in [3.05, 3.63) is 28.8 Å². The molecular formula is C13H13ClINO. The van der Waals surface area contributed by atoms with Crippen LogP contribution in [0.25, 0.3) is 0 Å². The van der Waals surface area contributed by atoms with Crippen LogP contribution >= 0.6 is 34.2 Å². The van der Waals surface area contributed by atoms with Crippen LogP contribution in [0.1, 0.15) is 31.2 Å². The van der Waals surface area contributed by atoms with Crippen molar-refractivity contribution in [1.29, 1.82) is 5.26 Å². The number of ether oxygens (including phenoxy) is 1. The lowest BCUT2D eigenvalue weighted by atomic mass is 9.98. The van der Waals surface area contributed by atoms with Gasteiger partial charge in [-0.05, 0) is 37.8 Å². The summed E-state index contributed by atoms with van der Waals surface area (Å²) < 4.78 is 6.68. The average Bonchev–Trinajstić information content (AvgIpc) is 2.32. The van der Waals surface area contributed by atoms with Gasteiger partial charge in [0.2, 0.25) is 0 Å². The highest BCUT2D eigenvalue weighted by atomic mass is 127. The summed E-state index contributed by atoms with van der Waals surface area (Å²) in [6.07, 6.45) is 4.94. The fraction of sp³-hybridized carbons (Fsp3) is 0.462. The third-order valence-electron chi connectivity index (χ3n) is 2.97. The summed E-state index contributed by atoms with van der Waals surface area (Å²) >= 11 is 8.47. The van der Waals surface area contributed by atoms with Gasteiger partial charge in [-0.3, -0.25) is 0 Å². The van der Waals surface area contributed by atoms with E-state index in [0.29, 0.717) is 16.7 Å². The molecule has 0 radical (unpaired) electrons. The molecule has 2 nitrogen and oxygen atoms in total. The molecule has 1 aliphatic rings. The predicted octanol–water partition coefficient (Wildman–Crippen LogP) is 4.34. The quantitative estimate of drug-likeness (QED) is 0.580. The van der Waals surface area contributed by atoms with E-state index >= 15 is 0 Å². The molecule has 1 aliphatic carbocycles. The van der Waals surface area contributed by atoms with Crippen LogP contribution in [-0.4, -0.2) is 10.0 Å². The molecule has 1 fully saturated rings. The Balaban J connectivity index is 2.00. The lowest BCUT2D eigenvalue weighted by molar-refractivity contribution is 0.159. The van der Waals surface area contributed by atoms with Crippen molar-refractivity contribution in [2.45, 2.75) is 35.7 Å². The average molecular weight is 362 g/mol. The maximum absolute atomic E-state index is 8.78. The van der Waals surface area contributed by atoms with Crippen LogP contribution in [0.4, 0.5) is 0 Å². The second-order valence-corrected chi connectivity index (χ2v) is 6.41. The monoisotopic (exact) mass is 361 g/mol. The molecule has 4 heteroatoms. The van der Waals surface area contributed by atoms with E-state index in [0.717, 1.165) is 22.5 Å². The van der Waals surface area contributed by atoms with Gasteiger partial charge in [0.25, 0.3) is 0 Å². The molecule has 0 bridgehead atoms. The SMILES string of the molecule is N#Cc1ccc(OC2CCC(I)CC2)cc1Cl. The molecule has 0 heterocycles. The molecule has 0 atom stereocenters. The summed E-state index contributed by atoms with van der Waals surface area (Å²) in [7, 11) is 0. The minimum absolute atomic E-state index is 0.296. The lowest BCUT2D eigenvalue weighted by Gasteiger charge is -2.26. The Kier molecular flexibility index (Phi) is 4.52. The first-order chi connectivity index (χ1) is 8.19. The Morgan fingerprint density at radius 1 is 1.29 bits per heavy atom. The number of rotatable bonds is 2. The van der Waals surface area contributed by atoms with Gasteiger partial charge in [-0.15, -0.1) is 0 Å². The van der Waals surface area contributed by atoms with Crippen molar-refractivity contribution < 1.29 is 4.74 Å². The first-order valence-electron chi connectivity index (χ1n) is 5.69. The maximum atomic E-state index is 8.78. The second-order valence-electron chi connectivity index (χ2n) is 4.25. The summed E-state index contributed by atoms with van der Waals surface area (Å²) in [6, 6.07) is 7.31. The van der Waals surface area contributed by atoms with E-state index in [1.807, 2.05) is 12.1 Å². The first kappa shape index (κ1) is 13.0. The molecule has 1 saturated carbocycles. The van der Waals surface area contributed by atoms with Crippen LogP contribution < -0.4 is 4.74 Å². The van der Waals surface area contributed by atoms with Gasteiger partial charge in [0.1, 0.15) is 11.8 Å². The van der Waals surface area contributed by atoms with E-state index in [1.165, 1.54) is 12.8 Å². The van der Waals surface area contributed by atoms with Crippen LogP contribution in [0.2, 0.25) is 5.02 Å². The van der Waals surface area contributed by atoms with E-state index in [1.54, 1.807) is 12.1 Å². The fourth-order valence-corrected chi connectivity index (χ4v) is 2.92. The standard InChI is InChI=1S/C13H13ClINO/c14-13-7-12(4-1-9(13)8-16)17-11-5-2-10(15)3-6-11/h1,4,7,10-11H,2-3,5-6H2. The van der Waals surface area contributed by atoms with E-state index in [2.05, 4.69) is 22.6 Å². The molecule has 0 spiro atoms. The summed E-state index contributed by atoms with van der Waals surface area (Å²) in [5, 5.41) is 9.25. The van der Waals surface area contributed by atoms with Crippen LogP contribution in [0.3, 0.4) is 0 Å². The molecule has 17 heavy (non-hydrogen) atoms. The zero-order chi connectivity index (χ0) is 12.3. The molecule has 0 aliphatic heterocycles. The largest absolute Gasteiger partial charge is 0.490 e. The molecule has 0 N–H and O–H groups in total. The molecule has 2 rings (SSSR count). The Hall–Kier alpha value is -0.470. The summed E-state index contributed by atoms with van der Waals surface area (Å²) in [6.45, 7) is 0. The Bertz CT molecular complexity index is 436. The molecule has 0 saturated heterocycles. The van der Waals surface area contributed by atoms with E-state index < -0.39 is 0 Å². The molecule has 0 unspecified atom stereocenters. The number of nitriles is 1. The third kappa shape index (κ3) is 3.49. The predicted molar refractivity (Wildman–Crippen MR) is 76.9 cm³/mol. The van der Waals surface area contributed by atoms with Crippen LogP contribution in [0.15, 0.2) is 18.2 Å². The molecule has 0 amide bonds. The van der Waals surface area contributed by atoms with Gasteiger partial charge in [0.05, 0.1) is 16.7 Å². The Morgan fingerprint density at radius 3 is 2.59 bits per heavy atom. The smallest absolute Gasteiger partial charge is 0.121 e. The van der Waals surface area contributed by atoms with Crippen molar-refractivity contribution in [3.8, 4) is 11.8 Å². The van der Waals surface area contributed by atoms with E-state index in [9.17, 15) is 0 Å². The summed E-state index contributed by atoms with van der Waals surface area (Å²) in [4.78, 5) is 0. The van der Waals surface area contributed by atoms with Crippen LogP contribution in [0.5, 0.6) is 5.75 Å². The number of halogens is 2. The van der Waals surface area contributed by atoms with E-state index in [4.69, 9.17) is 21.6 Å². The summed E-state index contributed by atoms with van der Waals surface area (Å²) in [5.41, 5.74) is 0.495. The van der Waals surface area contributed by atoms with Gasteiger partial charge < -0.3 is 4.74 Å². The molecule has 1 aromatic rings. The van der Waals surface area contributed by atoms with Crippen molar-refractivity contribution in [2.24, 2.45) is 0 Å². The van der Waals surface area contributed by atoms with Crippen molar-refractivity contribution in [2.75, 3.05) is 0 Å². The highest BCUT2D eigenvalue weighted by Gasteiger charge is 2.20. The Morgan fingerprint density at radius 2 is 2.00 bits per heavy atom. The maximum Gasteiger partial charge on any atom is 0.121 e. The molecular weight excluding hydrogens is 349 g/mol. The number of alkyl halides is 1. The zero-order valence-corrected chi connectivity index (χ0v) is 12.2. The minimum Gasteiger partial charge on any atom is -0.490 e. The fourth-order valence-electron chi connectivity index (χ4n) is 1.99. The third-order valence-corrected chi connectivity index (χ3v) is 4.53. The van der Waals surface area contributed by atoms with Crippen LogP contribution in [0, 0.1) is 11.3 Å². The summed E-state index contributed by atoms with van der Waals surface area (Å²) in [5.74, 6) is 0.769. The topological polar surface area (TPSA) is 33.0 Å². The Labute approximate surface area is 120 Å². The van der Waals surface area contributed by atoms with Crippen molar-refractivity contribution >= 4 is 34.2 Å². The number of benzene rings is 1. The van der Waals surface area contributed by atoms with Gasteiger partial charge in [-0.1, -0.05) is 34.2 Å². The number of hydrogen-bond acceptors (Lipinski definition) is 2. The van der Waals surface area contributed by atoms with Crippen molar-refractivity contribution in [1.82, 2.24) is 0 Å². The second kappa shape index (κ2) is 5.92. The van der Waals surface area contributed by atoms with Gasteiger partial charge in [0.15, 0.2) is 0 Å².